The van der Waals surface area contributed by atoms with Gasteiger partial charge in [-0.2, -0.15) is 0 Å². The second-order valence-corrected chi connectivity index (χ2v) is 6.57. The minimum atomic E-state index is -1.23. The summed E-state index contributed by atoms with van der Waals surface area (Å²) >= 11 is 0. The van der Waals surface area contributed by atoms with E-state index in [4.69, 9.17) is 9.47 Å². The normalized spacial score (nSPS) is 18.2. The fraction of sp³-hybridized carbons (Fsp3) is 0.500. The zero-order valence-electron chi connectivity index (χ0n) is 14.9. The van der Waals surface area contributed by atoms with Crippen molar-refractivity contribution < 1.29 is 29.0 Å². The monoisotopic (exact) mass is 362 g/mol. The summed E-state index contributed by atoms with van der Waals surface area (Å²) in [6.45, 7) is 1.39. The number of piperazine rings is 1. The number of methoxy groups -OCH3 is 2. The topological polar surface area (TPSA) is 96.4 Å². The van der Waals surface area contributed by atoms with Gasteiger partial charge in [-0.3, -0.25) is 14.4 Å². The van der Waals surface area contributed by atoms with Gasteiger partial charge in [-0.1, -0.05) is 0 Å². The van der Waals surface area contributed by atoms with Crippen LogP contribution in [0.5, 0.6) is 11.5 Å². The van der Waals surface area contributed by atoms with Crippen molar-refractivity contribution >= 4 is 17.8 Å². The van der Waals surface area contributed by atoms with Crippen LogP contribution >= 0.6 is 0 Å². The quantitative estimate of drug-likeness (QED) is 0.780. The number of rotatable bonds is 5. The summed E-state index contributed by atoms with van der Waals surface area (Å²) in [7, 11) is 3.03. The standard InChI is InChI=1S/C18H22N2O6/c1-25-13-9-12(10-14(11-13)26-2)15(21)19-5-7-20(8-6-19)16(22)18(3-4-18)17(23)24/h9-11H,3-8H2,1-2H3,(H,23,24). The van der Waals surface area contributed by atoms with Gasteiger partial charge in [0.15, 0.2) is 0 Å². The Balaban J connectivity index is 1.66. The first-order chi connectivity index (χ1) is 12.4. The highest BCUT2D eigenvalue weighted by molar-refractivity contribution is 6.05. The zero-order chi connectivity index (χ0) is 18.9. The van der Waals surface area contributed by atoms with E-state index in [1.54, 1.807) is 28.0 Å². The van der Waals surface area contributed by atoms with Gasteiger partial charge in [0.25, 0.3) is 5.91 Å². The molecular weight excluding hydrogens is 340 g/mol. The lowest BCUT2D eigenvalue weighted by Crippen LogP contribution is -2.53. The second-order valence-electron chi connectivity index (χ2n) is 6.57. The predicted molar refractivity (Wildman–Crippen MR) is 91.3 cm³/mol. The van der Waals surface area contributed by atoms with E-state index in [0.717, 1.165) is 0 Å². The van der Waals surface area contributed by atoms with Crippen LogP contribution < -0.4 is 9.47 Å². The van der Waals surface area contributed by atoms with Crippen molar-refractivity contribution in [3.8, 4) is 11.5 Å². The number of aliphatic carboxylic acids is 1. The number of ether oxygens (including phenoxy) is 2. The average Bonchev–Trinajstić information content (AvgIpc) is 3.48. The van der Waals surface area contributed by atoms with E-state index in [9.17, 15) is 19.5 Å². The molecule has 2 fully saturated rings. The third kappa shape index (κ3) is 3.18. The molecule has 1 N–H and O–H groups in total. The second kappa shape index (κ2) is 6.86. The molecule has 140 valence electrons. The van der Waals surface area contributed by atoms with Crippen LogP contribution in [-0.4, -0.2) is 73.1 Å². The van der Waals surface area contributed by atoms with Crippen LogP contribution in [0.3, 0.4) is 0 Å². The molecule has 3 rings (SSSR count). The number of carboxylic acids is 1. The minimum Gasteiger partial charge on any atom is -0.497 e. The molecule has 1 aliphatic carbocycles. The van der Waals surface area contributed by atoms with Crippen molar-refractivity contribution in [1.29, 1.82) is 0 Å². The molecule has 26 heavy (non-hydrogen) atoms. The SMILES string of the molecule is COc1cc(OC)cc(C(=O)N2CCN(C(=O)C3(C(=O)O)CC3)CC2)c1. The smallest absolute Gasteiger partial charge is 0.319 e. The summed E-state index contributed by atoms with van der Waals surface area (Å²) in [5, 5.41) is 9.26. The van der Waals surface area contributed by atoms with Crippen LogP contribution in [0.15, 0.2) is 18.2 Å². The Morgan fingerprint density at radius 3 is 1.85 bits per heavy atom. The molecule has 8 heteroatoms. The molecule has 1 aromatic carbocycles. The Morgan fingerprint density at radius 2 is 1.42 bits per heavy atom. The molecule has 0 aromatic heterocycles. The largest absolute Gasteiger partial charge is 0.497 e. The van der Waals surface area contributed by atoms with Crippen LogP contribution in [0.25, 0.3) is 0 Å². The number of carboxylic acid groups (broad SMARTS) is 1. The van der Waals surface area contributed by atoms with Gasteiger partial charge in [0.05, 0.1) is 14.2 Å². The Labute approximate surface area is 151 Å². The Bertz CT molecular complexity index is 713. The molecule has 1 aliphatic heterocycles. The van der Waals surface area contributed by atoms with Gasteiger partial charge in [0, 0.05) is 37.8 Å². The number of carbonyl (C=O) groups excluding carboxylic acids is 2. The lowest BCUT2D eigenvalue weighted by molar-refractivity contribution is -0.154. The molecule has 1 heterocycles. The number of hydrogen-bond acceptors (Lipinski definition) is 5. The van der Waals surface area contributed by atoms with E-state index in [0.29, 0.717) is 56.1 Å². The molecule has 2 aliphatic rings. The third-order valence-corrected chi connectivity index (χ3v) is 5.02. The molecule has 1 aromatic rings. The van der Waals surface area contributed by atoms with E-state index < -0.39 is 11.4 Å². The van der Waals surface area contributed by atoms with Crippen molar-refractivity contribution in [3.05, 3.63) is 23.8 Å². The van der Waals surface area contributed by atoms with E-state index in [2.05, 4.69) is 0 Å². The predicted octanol–water partition coefficient (Wildman–Crippen LogP) is 0.853. The third-order valence-electron chi connectivity index (χ3n) is 5.02. The summed E-state index contributed by atoms with van der Waals surface area (Å²) in [5.74, 6) is -0.504. The van der Waals surface area contributed by atoms with Crippen molar-refractivity contribution in [2.75, 3.05) is 40.4 Å². The molecule has 0 radical (unpaired) electrons. The molecule has 8 nitrogen and oxygen atoms in total. The van der Waals surface area contributed by atoms with Crippen LogP contribution in [-0.2, 0) is 9.59 Å². The summed E-state index contributed by atoms with van der Waals surface area (Å²) in [5.41, 5.74) is -0.781. The minimum absolute atomic E-state index is 0.173. The van der Waals surface area contributed by atoms with Crippen LogP contribution in [0.1, 0.15) is 23.2 Å². The molecule has 0 unspecified atom stereocenters. The molecule has 0 atom stereocenters. The van der Waals surface area contributed by atoms with Gasteiger partial charge in [-0.05, 0) is 25.0 Å². The van der Waals surface area contributed by atoms with Crippen LogP contribution in [0, 0.1) is 5.41 Å². The van der Waals surface area contributed by atoms with E-state index in [1.807, 2.05) is 0 Å². The van der Waals surface area contributed by atoms with E-state index >= 15 is 0 Å². The number of carbonyl (C=O) groups is 3. The van der Waals surface area contributed by atoms with Crippen LogP contribution in [0.4, 0.5) is 0 Å². The number of benzene rings is 1. The van der Waals surface area contributed by atoms with Crippen molar-refractivity contribution in [3.63, 3.8) is 0 Å². The Kier molecular flexibility index (Phi) is 4.76. The summed E-state index contributed by atoms with van der Waals surface area (Å²) in [6, 6.07) is 4.98. The Hall–Kier alpha value is -2.77. The van der Waals surface area contributed by atoms with E-state index in [1.165, 1.54) is 14.2 Å². The maximum absolute atomic E-state index is 12.7. The number of amides is 2. The molecular formula is C18H22N2O6. The first kappa shape index (κ1) is 18.0. The van der Waals surface area contributed by atoms with Gasteiger partial charge in [-0.25, -0.2) is 0 Å². The van der Waals surface area contributed by atoms with Gasteiger partial charge in [0.2, 0.25) is 5.91 Å². The highest BCUT2D eigenvalue weighted by Gasteiger charge is 2.58. The number of nitrogens with zero attached hydrogens (tertiary/aromatic N) is 2. The maximum atomic E-state index is 12.7. The highest BCUT2D eigenvalue weighted by atomic mass is 16.5. The fourth-order valence-electron chi connectivity index (χ4n) is 3.17. The van der Waals surface area contributed by atoms with Gasteiger partial charge >= 0.3 is 5.97 Å². The molecule has 0 spiro atoms. The fourth-order valence-corrected chi connectivity index (χ4v) is 3.17. The zero-order valence-corrected chi connectivity index (χ0v) is 14.9. The highest BCUT2D eigenvalue weighted by Crippen LogP contribution is 2.47. The van der Waals surface area contributed by atoms with Crippen molar-refractivity contribution in [2.24, 2.45) is 5.41 Å². The first-order valence-electron chi connectivity index (χ1n) is 8.46. The van der Waals surface area contributed by atoms with Gasteiger partial charge in [-0.15, -0.1) is 0 Å². The number of hydrogen-bond donors (Lipinski definition) is 1. The van der Waals surface area contributed by atoms with Gasteiger partial charge in [0.1, 0.15) is 16.9 Å². The lowest BCUT2D eigenvalue weighted by Gasteiger charge is -2.36. The van der Waals surface area contributed by atoms with Gasteiger partial charge < -0.3 is 24.4 Å². The van der Waals surface area contributed by atoms with Crippen molar-refractivity contribution in [2.45, 2.75) is 12.8 Å². The maximum Gasteiger partial charge on any atom is 0.319 e. The van der Waals surface area contributed by atoms with Crippen molar-refractivity contribution in [1.82, 2.24) is 9.80 Å². The molecule has 2 amide bonds. The summed E-state index contributed by atoms with van der Waals surface area (Å²) in [4.78, 5) is 39.7. The summed E-state index contributed by atoms with van der Waals surface area (Å²) < 4.78 is 10.4. The molecule has 1 saturated heterocycles. The average molecular weight is 362 g/mol. The summed E-state index contributed by atoms with van der Waals surface area (Å²) in [6.07, 6.45) is 0.786. The lowest BCUT2D eigenvalue weighted by atomic mass is 10.1. The molecule has 0 bridgehead atoms. The van der Waals surface area contributed by atoms with Crippen LogP contribution in [0.2, 0.25) is 0 Å². The van der Waals surface area contributed by atoms with E-state index in [-0.39, 0.29) is 11.8 Å². The molecule has 1 saturated carbocycles. The first-order valence-corrected chi connectivity index (χ1v) is 8.46. The Morgan fingerprint density at radius 1 is 0.923 bits per heavy atom.